The predicted octanol–water partition coefficient (Wildman–Crippen LogP) is 2.49. The van der Waals surface area contributed by atoms with E-state index in [0.717, 1.165) is 17.7 Å². The van der Waals surface area contributed by atoms with Crippen LogP contribution in [0.1, 0.15) is 29.3 Å². The number of carbonyl (C=O) groups excluding carboxylic acids is 2. The molecule has 0 saturated heterocycles. The number of benzene rings is 2. The molecule has 6 heteroatoms. The molecule has 2 N–H and O–H groups in total. The lowest BCUT2D eigenvalue weighted by atomic mass is 10.1. The van der Waals surface area contributed by atoms with Gasteiger partial charge < -0.3 is 9.47 Å². The Balaban J connectivity index is 1.85. The lowest BCUT2D eigenvalue weighted by Gasteiger charge is -2.09. The molecular weight excluding hydrogens is 320 g/mol. The molecule has 2 rings (SSSR count). The standard InChI is InChI=1S/C19H22N2O4/c1-3-11-25-17-6-4-5-15(13-17)19(23)21-20-18(22)12-14-7-9-16(24-2)10-8-14/h4-10,13H,3,11-12H2,1-2H3,(H,20,22)(H,21,23). The molecule has 0 heterocycles. The molecule has 25 heavy (non-hydrogen) atoms. The molecule has 6 nitrogen and oxygen atoms in total. The molecule has 132 valence electrons. The summed E-state index contributed by atoms with van der Waals surface area (Å²) < 4.78 is 10.6. The highest BCUT2D eigenvalue weighted by Crippen LogP contribution is 2.13. The van der Waals surface area contributed by atoms with Crippen molar-refractivity contribution in [3.63, 3.8) is 0 Å². The first-order chi connectivity index (χ1) is 12.1. The molecular formula is C19H22N2O4. The number of amides is 2. The molecule has 0 bridgehead atoms. The number of methoxy groups -OCH3 is 1. The highest BCUT2D eigenvalue weighted by molar-refractivity contribution is 5.95. The van der Waals surface area contributed by atoms with Crippen molar-refractivity contribution in [3.8, 4) is 11.5 Å². The minimum atomic E-state index is -0.398. The SMILES string of the molecule is CCCOc1cccc(C(=O)NNC(=O)Cc2ccc(OC)cc2)c1. The molecule has 0 fully saturated rings. The summed E-state index contributed by atoms with van der Waals surface area (Å²) in [6, 6.07) is 14.0. The van der Waals surface area contributed by atoms with E-state index >= 15 is 0 Å². The number of ether oxygens (including phenoxy) is 2. The van der Waals surface area contributed by atoms with E-state index in [1.165, 1.54) is 0 Å². The maximum absolute atomic E-state index is 12.1. The molecule has 0 radical (unpaired) electrons. The lowest BCUT2D eigenvalue weighted by Crippen LogP contribution is -2.42. The summed E-state index contributed by atoms with van der Waals surface area (Å²) in [5, 5.41) is 0. The van der Waals surface area contributed by atoms with Gasteiger partial charge in [0.25, 0.3) is 5.91 Å². The summed E-state index contributed by atoms with van der Waals surface area (Å²) in [5.74, 6) is 0.642. The molecule has 0 aliphatic carbocycles. The van der Waals surface area contributed by atoms with Crippen LogP contribution in [-0.4, -0.2) is 25.5 Å². The summed E-state index contributed by atoms with van der Waals surface area (Å²) >= 11 is 0. The fourth-order valence-electron chi connectivity index (χ4n) is 2.12. The van der Waals surface area contributed by atoms with Crippen LogP contribution in [-0.2, 0) is 11.2 Å². The molecule has 2 aromatic rings. The second-order valence-corrected chi connectivity index (χ2v) is 5.40. The number of nitrogens with one attached hydrogen (secondary N) is 2. The van der Waals surface area contributed by atoms with E-state index in [9.17, 15) is 9.59 Å². The van der Waals surface area contributed by atoms with Crippen molar-refractivity contribution < 1.29 is 19.1 Å². The molecule has 0 aliphatic rings. The Hall–Kier alpha value is -3.02. The zero-order valence-corrected chi connectivity index (χ0v) is 14.4. The van der Waals surface area contributed by atoms with E-state index in [1.54, 1.807) is 55.6 Å². The van der Waals surface area contributed by atoms with Crippen LogP contribution < -0.4 is 20.3 Å². The first kappa shape index (κ1) is 18.3. The van der Waals surface area contributed by atoms with Crippen LogP contribution in [0.2, 0.25) is 0 Å². The Bertz CT molecular complexity index is 714. The zero-order chi connectivity index (χ0) is 18.1. The van der Waals surface area contributed by atoms with Gasteiger partial charge in [0.15, 0.2) is 0 Å². The maximum atomic E-state index is 12.1. The minimum Gasteiger partial charge on any atom is -0.497 e. The Morgan fingerprint density at radius 3 is 2.44 bits per heavy atom. The van der Waals surface area contributed by atoms with Gasteiger partial charge in [-0.25, -0.2) is 0 Å². The number of hydrazine groups is 1. The van der Waals surface area contributed by atoms with Crippen LogP contribution in [0.4, 0.5) is 0 Å². The Morgan fingerprint density at radius 2 is 1.76 bits per heavy atom. The van der Waals surface area contributed by atoms with Crippen molar-refractivity contribution in [3.05, 3.63) is 59.7 Å². The normalized spacial score (nSPS) is 10.0. The highest BCUT2D eigenvalue weighted by atomic mass is 16.5. The topological polar surface area (TPSA) is 76.7 Å². The minimum absolute atomic E-state index is 0.157. The lowest BCUT2D eigenvalue weighted by molar-refractivity contribution is -0.121. The van der Waals surface area contributed by atoms with Gasteiger partial charge in [0, 0.05) is 5.56 Å². The van der Waals surface area contributed by atoms with E-state index in [-0.39, 0.29) is 12.3 Å². The third kappa shape index (κ3) is 5.84. The fourth-order valence-corrected chi connectivity index (χ4v) is 2.12. The van der Waals surface area contributed by atoms with E-state index < -0.39 is 5.91 Å². The Labute approximate surface area is 147 Å². The molecule has 0 spiro atoms. The maximum Gasteiger partial charge on any atom is 0.269 e. The van der Waals surface area contributed by atoms with Crippen LogP contribution >= 0.6 is 0 Å². The van der Waals surface area contributed by atoms with Gasteiger partial charge in [-0.2, -0.15) is 0 Å². The highest BCUT2D eigenvalue weighted by Gasteiger charge is 2.09. The summed E-state index contributed by atoms with van der Waals surface area (Å²) in [6.07, 6.45) is 1.04. The number of hydrogen-bond acceptors (Lipinski definition) is 4. The van der Waals surface area contributed by atoms with Crippen molar-refractivity contribution in [1.82, 2.24) is 10.9 Å². The monoisotopic (exact) mass is 342 g/mol. The average Bonchev–Trinajstić information content (AvgIpc) is 2.65. The van der Waals surface area contributed by atoms with Gasteiger partial charge in [-0.15, -0.1) is 0 Å². The van der Waals surface area contributed by atoms with Crippen LogP contribution in [0.25, 0.3) is 0 Å². The Kier molecular flexibility index (Phi) is 6.83. The van der Waals surface area contributed by atoms with Gasteiger partial charge in [-0.3, -0.25) is 20.4 Å². The number of carbonyl (C=O) groups is 2. The van der Waals surface area contributed by atoms with E-state index in [2.05, 4.69) is 10.9 Å². The van der Waals surface area contributed by atoms with Gasteiger partial charge in [0.2, 0.25) is 5.91 Å². The zero-order valence-electron chi connectivity index (χ0n) is 14.4. The predicted molar refractivity (Wildman–Crippen MR) is 94.5 cm³/mol. The van der Waals surface area contributed by atoms with Crippen molar-refractivity contribution in [1.29, 1.82) is 0 Å². The van der Waals surface area contributed by atoms with Gasteiger partial charge in [-0.1, -0.05) is 25.1 Å². The first-order valence-electron chi connectivity index (χ1n) is 8.07. The third-order valence-corrected chi connectivity index (χ3v) is 3.41. The molecule has 2 amide bonds. The second kappa shape index (κ2) is 9.32. The van der Waals surface area contributed by atoms with E-state index in [4.69, 9.17) is 9.47 Å². The summed E-state index contributed by atoms with van der Waals surface area (Å²) in [5.41, 5.74) is 6.05. The smallest absolute Gasteiger partial charge is 0.269 e. The van der Waals surface area contributed by atoms with Crippen molar-refractivity contribution in [2.75, 3.05) is 13.7 Å². The first-order valence-corrected chi connectivity index (χ1v) is 8.07. The van der Waals surface area contributed by atoms with E-state index in [0.29, 0.717) is 17.9 Å². The summed E-state index contributed by atoms with van der Waals surface area (Å²) in [7, 11) is 1.58. The number of rotatable bonds is 7. The van der Waals surface area contributed by atoms with Crippen molar-refractivity contribution in [2.24, 2.45) is 0 Å². The average molecular weight is 342 g/mol. The second-order valence-electron chi connectivity index (χ2n) is 5.40. The van der Waals surface area contributed by atoms with Crippen LogP contribution in [0, 0.1) is 0 Å². The van der Waals surface area contributed by atoms with Crippen LogP contribution in [0.15, 0.2) is 48.5 Å². The molecule has 2 aromatic carbocycles. The molecule has 0 aromatic heterocycles. The van der Waals surface area contributed by atoms with E-state index in [1.807, 2.05) is 6.92 Å². The molecule has 0 saturated carbocycles. The van der Waals surface area contributed by atoms with Gasteiger partial charge in [0.1, 0.15) is 11.5 Å². The van der Waals surface area contributed by atoms with Crippen LogP contribution in [0.3, 0.4) is 0 Å². The molecule has 0 atom stereocenters. The van der Waals surface area contributed by atoms with Crippen molar-refractivity contribution in [2.45, 2.75) is 19.8 Å². The fraction of sp³-hybridized carbons (Fsp3) is 0.263. The van der Waals surface area contributed by atoms with Gasteiger partial charge in [-0.05, 0) is 42.3 Å². The van der Waals surface area contributed by atoms with Gasteiger partial charge >= 0.3 is 0 Å². The molecule has 0 unspecified atom stereocenters. The van der Waals surface area contributed by atoms with Crippen LogP contribution in [0.5, 0.6) is 11.5 Å². The largest absolute Gasteiger partial charge is 0.497 e. The summed E-state index contributed by atoms with van der Waals surface area (Å²) in [4.78, 5) is 24.0. The third-order valence-electron chi connectivity index (χ3n) is 3.41. The van der Waals surface area contributed by atoms with Crippen molar-refractivity contribution >= 4 is 11.8 Å². The van der Waals surface area contributed by atoms with Gasteiger partial charge in [0.05, 0.1) is 20.1 Å². The summed E-state index contributed by atoms with van der Waals surface area (Å²) in [6.45, 7) is 2.60. The molecule has 0 aliphatic heterocycles. The number of hydrogen-bond donors (Lipinski definition) is 2. The Morgan fingerprint density at radius 1 is 1.00 bits per heavy atom. The quantitative estimate of drug-likeness (QED) is 0.758.